The van der Waals surface area contributed by atoms with E-state index < -0.39 is 0 Å². The molecule has 37 heavy (non-hydrogen) atoms. The van der Waals surface area contributed by atoms with Crippen LogP contribution in [0.15, 0.2) is 22.5 Å². The van der Waals surface area contributed by atoms with Crippen molar-refractivity contribution >= 4 is 42.1 Å². The van der Waals surface area contributed by atoms with Crippen LogP contribution in [0.5, 0.6) is 0 Å². The number of allylic oxidation sites excluding steroid dienone is 2. The molecule has 2 aliphatic heterocycles. The highest BCUT2D eigenvalue weighted by Crippen LogP contribution is 2.30. The van der Waals surface area contributed by atoms with Gasteiger partial charge >= 0.3 is 26.2 Å². The van der Waals surface area contributed by atoms with Gasteiger partial charge in [-0.2, -0.15) is 0 Å². The molecule has 2 rings (SSSR count). The van der Waals surface area contributed by atoms with Crippen LogP contribution >= 0.6 is 15.9 Å². The minimum Gasteiger partial charge on any atom is -0.469 e. The number of halogens is 1. The van der Waals surface area contributed by atoms with E-state index >= 15 is 0 Å². The Morgan fingerprint density at radius 2 is 1.41 bits per heavy atom. The molecule has 0 aromatic rings. The summed E-state index contributed by atoms with van der Waals surface area (Å²) in [6, 6.07) is 0. The number of methoxy groups -OCH3 is 2. The van der Waals surface area contributed by atoms with Crippen LogP contribution < -0.4 is 0 Å². The molecule has 2 heterocycles. The molecule has 0 aromatic carbocycles. The lowest BCUT2D eigenvalue weighted by Crippen LogP contribution is -2.46. The Morgan fingerprint density at radius 1 is 0.892 bits per heavy atom. The summed E-state index contributed by atoms with van der Waals surface area (Å²) in [4.78, 5) is 21.9. The molecule has 0 saturated carbocycles. The van der Waals surface area contributed by atoms with Crippen LogP contribution in [0.1, 0.15) is 92.9 Å². The van der Waals surface area contributed by atoms with E-state index in [1.165, 1.54) is 14.2 Å². The van der Waals surface area contributed by atoms with Gasteiger partial charge in [0, 0.05) is 29.4 Å². The van der Waals surface area contributed by atoms with Gasteiger partial charge in [0.2, 0.25) is 0 Å². The highest BCUT2D eigenvalue weighted by molar-refractivity contribution is 9.12. The number of carbonyl (C=O) groups excluding carboxylic acids is 2. The second-order valence-electron chi connectivity index (χ2n) is 10.7. The van der Waals surface area contributed by atoms with Crippen molar-refractivity contribution in [1.82, 2.24) is 0 Å². The first kappa shape index (κ1) is 33.9. The number of rotatable bonds is 10. The lowest BCUT2D eigenvalue weighted by Gasteiger charge is -2.38. The Bertz CT molecular complexity index is 772. The molecule has 0 aliphatic carbocycles. The Kier molecular flexibility index (Phi) is 15.3. The number of hydrogen-bond acceptors (Lipinski definition) is 8. The van der Waals surface area contributed by atoms with Crippen molar-refractivity contribution in [2.24, 2.45) is 0 Å². The fraction of sp³-hybridized carbons (Fsp3) is 0.769. The molecule has 2 unspecified atom stereocenters. The van der Waals surface area contributed by atoms with E-state index in [4.69, 9.17) is 18.6 Å². The minimum absolute atomic E-state index is 0.140. The van der Waals surface area contributed by atoms with Gasteiger partial charge in [-0.1, -0.05) is 34.1 Å². The molecule has 2 saturated heterocycles. The van der Waals surface area contributed by atoms with E-state index in [1.807, 2.05) is 18.1 Å². The zero-order chi connectivity index (χ0) is 28.1. The minimum atomic E-state index is -0.350. The lowest BCUT2D eigenvalue weighted by molar-refractivity contribution is -0.141. The maximum Gasteiger partial charge on any atom is 0.501 e. The molecule has 0 spiro atoms. The zero-order valence-corrected chi connectivity index (χ0v) is 25.4. The van der Waals surface area contributed by atoms with Crippen LogP contribution in [0.3, 0.4) is 0 Å². The van der Waals surface area contributed by atoms with Crippen LogP contribution in [0.4, 0.5) is 0 Å². The Balaban J connectivity index is 0.000000371. The first-order valence-electron chi connectivity index (χ1n) is 13.1. The molecule has 11 heteroatoms. The average Bonchev–Trinajstić information content (AvgIpc) is 2.78. The molecule has 0 N–H and O–H groups in total. The molecule has 8 nitrogen and oxygen atoms in total. The Hall–Kier alpha value is -1.13. The predicted molar refractivity (Wildman–Crippen MR) is 150 cm³/mol. The monoisotopic (exact) mass is 586 g/mol. The molecule has 2 atom stereocenters. The highest BCUT2D eigenvalue weighted by atomic mass is 79.9. The number of esters is 2. The van der Waals surface area contributed by atoms with Crippen LogP contribution in [0, 0.1) is 0 Å². The van der Waals surface area contributed by atoms with E-state index in [2.05, 4.69) is 66.9 Å². The van der Waals surface area contributed by atoms with E-state index in [9.17, 15) is 9.59 Å². The van der Waals surface area contributed by atoms with Gasteiger partial charge in [-0.05, 0) is 80.1 Å². The Labute approximate surface area is 232 Å². The van der Waals surface area contributed by atoms with E-state index in [0.717, 1.165) is 42.9 Å². The fourth-order valence-corrected chi connectivity index (χ4v) is 4.67. The van der Waals surface area contributed by atoms with Crippen LogP contribution in [0.2, 0.25) is 0 Å². The summed E-state index contributed by atoms with van der Waals surface area (Å²) >= 11 is 3.50. The van der Waals surface area contributed by atoms with E-state index in [0.29, 0.717) is 12.8 Å². The summed E-state index contributed by atoms with van der Waals surface area (Å²) in [5, 5.41) is 0. The molecule has 2 fully saturated rings. The smallest absolute Gasteiger partial charge is 0.469 e. The molecular formula is C26H45B2BrO8. The largest absolute Gasteiger partial charge is 0.501 e. The van der Waals surface area contributed by atoms with Gasteiger partial charge in [0.1, 0.15) is 0 Å². The summed E-state index contributed by atoms with van der Waals surface area (Å²) in [5.41, 5.74) is -0.320. The molecule has 0 bridgehead atoms. The fourth-order valence-electron chi connectivity index (χ4n) is 4.24. The lowest BCUT2D eigenvalue weighted by atomic mass is 9.82. The average molecular weight is 587 g/mol. The van der Waals surface area contributed by atoms with Crippen LogP contribution in [-0.4, -0.2) is 63.8 Å². The number of unbranched alkanes of at least 4 members (excludes halogenated alkanes) is 2. The first-order valence-corrected chi connectivity index (χ1v) is 13.9. The van der Waals surface area contributed by atoms with Gasteiger partial charge in [-0.15, -0.1) is 0 Å². The highest BCUT2D eigenvalue weighted by Gasteiger charge is 2.38. The van der Waals surface area contributed by atoms with Gasteiger partial charge < -0.3 is 28.1 Å². The van der Waals surface area contributed by atoms with Gasteiger partial charge in [-0.25, -0.2) is 0 Å². The van der Waals surface area contributed by atoms with Crippen molar-refractivity contribution in [3.63, 3.8) is 0 Å². The van der Waals surface area contributed by atoms with Gasteiger partial charge in [-0.3, -0.25) is 9.59 Å². The molecule has 0 amide bonds. The quantitative estimate of drug-likeness (QED) is 0.181. The third-order valence-electron chi connectivity index (χ3n) is 5.79. The summed E-state index contributed by atoms with van der Waals surface area (Å²) < 4.78 is 33.1. The normalized spacial score (nSPS) is 23.3. The standard InChI is InChI=1S/C13H22BBrO4.C13H23BO4/c1-10-9-13(2,3)19-14(18-10)11(15)7-5-6-8-12(16)17-4;1-11-10-13(2,3)18-14(17-11)9-7-5-6-8-12(15)16-4/h7,10H,5-6,8-9H2,1-4H3;7,9,11H,5-6,8,10H2,1-4H3/b11-7-;9-7-. The summed E-state index contributed by atoms with van der Waals surface area (Å²) in [6.07, 6.45) is 10.2. The molecule has 0 radical (unpaired) electrons. The van der Waals surface area contributed by atoms with E-state index in [-0.39, 0.29) is 49.6 Å². The molecular weight excluding hydrogens is 542 g/mol. The predicted octanol–water partition coefficient (Wildman–Crippen LogP) is 5.76. The Morgan fingerprint density at radius 3 is 1.92 bits per heavy atom. The second-order valence-corrected chi connectivity index (χ2v) is 11.6. The van der Waals surface area contributed by atoms with Crippen molar-refractivity contribution in [3.8, 4) is 0 Å². The van der Waals surface area contributed by atoms with Gasteiger partial charge in [0.05, 0.1) is 25.4 Å². The summed E-state index contributed by atoms with van der Waals surface area (Å²) in [5.74, 6) is 1.59. The molecule has 2 aliphatic rings. The number of ether oxygens (including phenoxy) is 2. The van der Waals surface area contributed by atoms with Crippen molar-refractivity contribution in [1.29, 1.82) is 0 Å². The summed E-state index contributed by atoms with van der Waals surface area (Å²) in [7, 11) is 2.19. The third-order valence-corrected chi connectivity index (χ3v) is 6.49. The third kappa shape index (κ3) is 15.1. The molecule has 0 aromatic heterocycles. The summed E-state index contributed by atoms with van der Waals surface area (Å²) in [6.45, 7) is 12.4. The maximum absolute atomic E-state index is 11.0. The van der Waals surface area contributed by atoms with Crippen LogP contribution in [0.25, 0.3) is 0 Å². The first-order chi connectivity index (χ1) is 17.3. The van der Waals surface area contributed by atoms with E-state index in [1.54, 1.807) is 0 Å². The van der Waals surface area contributed by atoms with Crippen molar-refractivity contribution < 1.29 is 37.7 Å². The SMILES string of the molecule is COC(=O)CCC/C=C(\Br)B1OC(C)CC(C)(C)O1.COC(=O)CCC/C=C\B1OC(C)CC(C)(C)O1. The van der Waals surface area contributed by atoms with Crippen LogP contribution in [-0.2, 0) is 37.7 Å². The maximum atomic E-state index is 11.0. The number of carbonyl (C=O) groups is 2. The second kappa shape index (κ2) is 16.7. The van der Waals surface area contributed by atoms with Crippen molar-refractivity contribution in [3.05, 3.63) is 22.5 Å². The number of hydrogen-bond donors (Lipinski definition) is 0. The topological polar surface area (TPSA) is 89.5 Å². The zero-order valence-electron chi connectivity index (χ0n) is 23.8. The van der Waals surface area contributed by atoms with Crippen molar-refractivity contribution in [2.45, 2.75) is 116 Å². The van der Waals surface area contributed by atoms with Gasteiger partial charge in [0.15, 0.2) is 0 Å². The van der Waals surface area contributed by atoms with Gasteiger partial charge in [0.25, 0.3) is 0 Å². The molecule has 210 valence electrons. The van der Waals surface area contributed by atoms with Crippen molar-refractivity contribution in [2.75, 3.05) is 14.2 Å².